The highest BCUT2D eigenvalue weighted by atomic mass is 16.5. The van der Waals surface area contributed by atoms with E-state index in [4.69, 9.17) is 4.74 Å². The minimum atomic E-state index is -0.317. The van der Waals surface area contributed by atoms with Gasteiger partial charge in [-0.15, -0.1) is 0 Å². The average molecular weight is 351 g/mol. The number of ether oxygens (including phenoxy) is 1. The lowest BCUT2D eigenvalue weighted by atomic mass is 9.81. The molecule has 1 aromatic carbocycles. The molecule has 5 rings (SSSR count). The van der Waals surface area contributed by atoms with Crippen LogP contribution in [0.25, 0.3) is 0 Å². The van der Waals surface area contributed by atoms with Crippen molar-refractivity contribution in [1.82, 2.24) is 9.78 Å². The van der Waals surface area contributed by atoms with Crippen molar-refractivity contribution in [3.8, 4) is 0 Å². The molecule has 0 radical (unpaired) electrons. The van der Waals surface area contributed by atoms with Gasteiger partial charge in [-0.05, 0) is 37.8 Å². The van der Waals surface area contributed by atoms with E-state index in [1.165, 1.54) is 16.0 Å². The number of hydrogen-bond donors (Lipinski definition) is 0. The number of anilines is 1. The molecule has 3 fully saturated rings. The molecule has 0 aliphatic carbocycles. The van der Waals surface area contributed by atoms with E-state index in [2.05, 4.69) is 24.2 Å². The van der Waals surface area contributed by atoms with Crippen molar-refractivity contribution in [2.45, 2.75) is 45.4 Å². The normalized spacial score (nSPS) is 29.7. The van der Waals surface area contributed by atoms with Crippen molar-refractivity contribution >= 4 is 17.6 Å². The Labute approximate surface area is 151 Å². The third-order valence-electron chi connectivity index (χ3n) is 6.06. The number of aromatic nitrogens is 2. The van der Waals surface area contributed by atoms with Crippen LogP contribution >= 0.6 is 0 Å². The van der Waals surface area contributed by atoms with Crippen LogP contribution < -0.4 is 4.90 Å². The van der Waals surface area contributed by atoms with E-state index < -0.39 is 0 Å². The van der Waals surface area contributed by atoms with Gasteiger partial charge in [-0.3, -0.25) is 14.3 Å². The maximum Gasteiger partial charge on any atom is 0.241 e. The highest BCUT2D eigenvalue weighted by molar-refractivity contribution is 6.22. The van der Waals surface area contributed by atoms with Crippen LogP contribution in [0.4, 0.5) is 5.82 Å². The lowest BCUT2D eigenvalue weighted by molar-refractivity contribution is -0.124. The SMILES string of the molecule is Cc1ccccc1Cn1nc(N2C(=O)[C@@H]3[C@H](C2=O)[C@H]2CC[C@H]3O2)cc1C. The van der Waals surface area contributed by atoms with Crippen LogP contribution in [-0.2, 0) is 20.9 Å². The number of aryl methyl sites for hydroxylation is 2. The fourth-order valence-electron chi connectivity index (χ4n) is 4.65. The molecule has 0 saturated carbocycles. The Hall–Kier alpha value is -2.47. The van der Waals surface area contributed by atoms with Crippen LogP contribution in [0.5, 0.6) is 0 Å². The van der Waals surface area contributed by atoms with Gasteiger partial charge in [-0.1, -0.05) is 24.3 Å². The van der Waals surface area contributed by atoms with Gasteiger partial charge in [0.1, 0.15) is 0 Å². The second kappa shape index (κ2) is 5.51. The minimum absolute atomic E-state index is 0.0957. The molecule has 134 valence electrons. The smallest absolute Gasteiger partial charge is 0.241 e. The predicted octanol–water partition coefficient (Wildman–Crippen LogP) is 2.22. The molecule has 1 aromatic heterocycles. The van der Waals surface area contributed by atoms with E-state index in [0.717, 1.165) is 18.5 Å². The molecule has 0 N–H and O–H groups in total. The lowest BCUT2D eigenvalue weighted by Crippen LogP contribution is -2.34. The van der Waals surface area contributed by atoms with Crippen LogP contribution in [0.2, 0.25) is 0 Å². The summed E-state index contributed by atoms with van der Waals surface area (Å²) >= 11 is 0. The van der Waals surface area contributed by atoms with Crippen molar-refractivity contribution in [3.63, 3.8) is 0 Å². The summed E-state index contributed by atoms with van der Waals surface area (Å²) in [6.45, 7) is 4.64. The average Bonchev–Trinajstić information content (AvgIpc) is 3.35. The number of nitrogens with zero attached hydrogens (tertiary/aromatic N) is 3. The minimum Gasteiger partial charge on any atom is -0.373 e. The molecule has 3 saturated heterocycles. The molecule has 26 heavy (non-hydrogen) atoms. The van der Waals surface area contributed by atoms with Crippen molar-refractivity contribution in [2.24, 2.45) is 11.8 Å². The summed E-state index contributed by atoms with van der Waals surface area (Å²) in [4.78, 5) is 27.1. The van der Waals surface area contributed by atoms with Crippen molar-refractivity contribution < 1.29 is 14.3 Å². The Kier molecular flexibility index (Phi) is 3.34. The zero-order chi connectivity index (χ0) is 18.0. The van der Waals surface area contributed by atoms with Gasteiger partial charge in [0, 0.05) is 11.8 Å². The summed E-state index contributed by atoms with van der Waals surface area (Å²) in [6.07, 6.45) is 1.56. The molecule has 2 bridgehead atoms. The van der Waals surface area contributed by atoms with E-state index in [1.807, 2.05) is 29.8 Å². The summed E-state index contributed by atoms with van der Waals surface area (Å²) in [5.74, 6) is -0.480. The first-order valence-electron chi connectivity index (χ1n) is 9.17. The van der Waals surface area contributed by atoms with E-state index >= 15 is 0 Å². The molecular weight excluding hydrogens is 330 g/mol. The maximum absolute atomic E-state index is 12.9. The number of rotatable bonds is 3. The van der Waals surface area contributed by atoms with Gasteiger partial charge in [-0.25, -0.2) is 4.90 Å². The summed E-state index contributed by atoms with van der Waals surface area (Å²) in [7, 11) is 0. The number of imide groups is 1. The second-order valence-corrected chi connectivity index (χ2v) is 7.58. The Balaban J connectivity index is 1.46. The molecule has 6 nitrogen and oxygen atoms in total. The van der Waals surface area contributed by atoms with Crippen LogP contribution in [0.15, 0.2) is 30.3 Å². The van der Waals surface area contributed by atoms with Gasteiger partial charge in [0.25, 0.3) is 0 Å². The molecule has 0 spiro atoms. The Morgan fingerprint density at radius 2 is 1.73 bits per heavy atom. The first-order valence-corrected chi connectivity index (χ1v) is 9.17. The highest BCUT2D eigenvalue weighted by Crippen LogP contribution is 2.49. The van der Waals surface area contributed by atoms with Crippen molar-refractivity contribution in [3.05, 3.63) is 47.2 Å². The van der Waals surface area contributed by atoms with E-state index in [0.29, 0.717) is 12.4 Å². The van der Waals surface area contributed by atoms with E-state index in [-0.39, 0.29) is 35.9 Å². The number of carbonyl (C=O) groups excluding carboxylic acids is 2. The third-order valence-corrected chi connectivity index (χ3v) is 6.06. The fourth-order valence-corrected chi connectivity index (χ4v) is 4.65. The number of amides is 2. The molecule has 3 aliphatic heterocycles. The van der Waals surface area contributed by atoms with Crippen LogP contribution in [0.3, 0.4) is 0 Å². The molecule has 6 heteroatoms. The molecule has 3 aliphatic rings. The van der Waals surface area contributed by atoms with Gasteiger partial charge in [0.2, 0.25) is 11.8 Å². The molecule has 4 atom stereocenters. The van der Waals surface area contributed by atoms with Gasteiger partial charge in [0.05, 0.1) is 30.6 Å². The predicted molar refractivity (Wildman–Crippen MR) is 94.6 cm³/mol. The quantitative estimate of drug-likeness (QED) is 0.796. The molecule has 2 amide bonds. The third kappa shape index (κ3) is 2.11. The zero-order valence-corrected chi connectivity index (χ0v) is 14.9. The van der Waals surface area contributed by atoms with Crippen LogP contribution in [0, 0.1) is 25.7 Å². The largest absolute Gasteiger partial charge is 0.373 e. The zero-order valence-electron chi connectivity index (χ0n) is 14.9. The first-order chi connectivity index (χ1) is 12.5. The maximum atomic E-state index is 12.9. The molecular formula is C20H21N3O3. The first kappa shape index (κ1) is 15.8. The summed E-state index contributed by atoms with van der Waals surface area (Å²) in [5, 5.41) is 4.59. The van der Waals surface area contributed by atoms with Gasteiger partial charge in [0.15, 0.2) is 5.82 Å². The summed E-state index contributed by atoms with van der Waals surface area (Å²) in [6, 6.07) is 9.99. The Bertz CT molecular complexity index is 891. The lowest BCUT2D eigenvalue weighted by Gasteiger charge is -2.15. The fraction of sp³-hybridized carbons (Fsp3) is 0.450. The van der Waals surface area contributed by atoms with Gasteiger partial charge < -0.3 is 4.74 Å². The number of fused-ring (bicyclic) bond motifs is 5. The van der Waals surface area contributed by atoms with Gasteiger partial charge >= 0.3 is 0 Å². The monoisotopic (exact) mass is 351 g/mol. The Morgan fingerprint density at radius 3 is 2.38 bits per heavy atom. The van der Waals surface area contributed by atoms with E-state index in [1.54, 1.807) is 0 Å². The highest BCUT2D eigenvalue weighted by Gasteiger charge is 2.63. The Morgan fingerprint density at radius 1 is 1.08 bits per heavy atom. The number of carbonyl (C=O) groups is 2. The van der Waals surface area contributed by atoms with Crippen LogP contribution in [-0.4, -0.2) is 33.8 Å². The molecule has 4 heterocycles. The second-order valence-electron chi connectivity index (χ2n) is 7.58. The van der Waals surface area contributed by atoms with Gasteiger partial charge in [-0.2, -0.15) is 5.10 Å². The van der Waals surface area contributed by atoms with E-state index in [9.17, 15) is 9.59 Å². The van der Waals surface area contributed by atoms with Crippen LogP contribution in [0.1, 0.15) is 29.7 Å². The summed E-state index contributed by atoms with van der Waals surface area (Å²) in [5.41, 5.74) is 3.30. The summed E-state index contributed by atoms with van der Waals surface area (Å²) < 4.78 is 7.65. The van der Waals surface area contributed by atoms with Crippen molar-refractivity contribution in [2.75, 3.05) is 4.90 Å². The number of benzene rings is 1. The standard InChI is InChI=1S/C20H21N3O3/c1-11-5-3-4-6-13(11)10-22-12(2)9-16(21-22)23-19(24)17-14-7-8-15(26-14)18(17)20(23)25/h3-6,9,14-15,17-18H,7-8,10H2,1-2H3/t14-,15-,17-,18+/m1/s1. The molecule has 0 unspecified atom stereocenters. The van der Waals surface area contributed by atoms with Crippen molar-refractivity contribution in [1.29, 1.82) is 0 Å². The molecule has 2 aromatic rings. The topological polar surface area (TPSA) is 64.4 Å². The number of hydrogen-bond acceptors (Lipinski definition) is 4.